The molecule has 0 aliphatic carbocycles. The van der Waals surface area contributed by atoms with Gasteiger partial charge in [-0.05, 0) is 30.5 Å². The van der Waals surface area contributed by atoms with Crippen LogP contribution in [0.3, 0.4) is 0 Å². The van der Waals surface area contributed by atoms with Crippen LogP contribution in [-0.4, -0.2) is 9.97 Å². The summed E-state index contributed by atoms with van der Waals surface area (Å²) in [5.41, 5.74) is 0.960. The number of ether oxygens (including phenoxy) is 1. The van der Waals surface area contributed by atoms with Gasteiger partial charge in [0, 0.05) is 30.1 Å². The number of alkyl halides is 2. The quantitative estimate of drug-likeness (QED) is 0.354. The Morgan fingerprint density at radius 2 is 1.52 bits per heavy atom. The fourth-order valence-electron chi connectivity index (χ4n) is 2.63. The lowest BCUT2D eigenvalue weighted by Gasteiger charge is -2.18. The van der Waals surface area contributed by atoms with Gasteiger partial charge >= 0.3 is 6.11 Å². The summed E-state index contributed by atoms with van der Waals surface area (Å²) in [5, 5.41) is 0. The van der Waals surface area contributed by atoms with Crippen LogP contribution in [0.25, 0.3) is 11.4 Å². The minimum absolute atomic E-state index is 0.356. The Morgan fingerprint density at radius 3 is 2.07 bits per heavy atom. The number of hydrogen-bond acceptors (Lipinski definition) is 3. The molecule has 0 N–H and O–H groups in total. The van der Waals surface area contributed by atoms with Gasteiger partial charge in [0.15, 0.2) is 23.3 Å². The van der Waals surface area contributed by atoms with E-state index < -0.39 is 34.9 Å². The SMILES string of the molecule is CCCCc1cnc(-c2ccc(C(F)(F)Oc3cc(F)c(F)c(F)c3)cc2)nc1. The first-order chi connectivity index (χ1) is 13.8. The van der Waals surface area contributed by atoms with E-state index >= 15 is 0 Å². The summed E-state index contributed by atoms with van der Waals surface area (Å²) in [6.07, 6.45) is 2.44. The summed E-state index contributed by atoms with van der Waals surface area (Å²) in [6, 6.07) is 5.68. The molecule has 0 unspecified atom stereocenters. The van der Waals surface area contributed by atoms with Gasteiger partial charge in [0.1, 0.15) is 5.75 Å². The standard InChI is InChI=1S/C21H17F5N2O/c1-2-3-4-13-11-27-20(28-12-13)14-5-7-15(8-6-14)21(25,26)29-16-9-17(22)19(24)18(23)10-16/h5-12H,2-4H2,1H3. The Labute approximate surface area is 164 Å². The fraction of sp³-hybridized carbons (Fsp3) is 0.238. The molecule has 1 aromatic heterocycles. The number of aromatic nitrogens is 2. The Bertz CT molecular complexity index is 952. The molecule has 3 nitrogen and oxygen atoms in total. The normalized spacial score (nSPS) is 11.5. The van der Waals surface area contributed by atoms with Gasteiger partial charge < -0.3 is 4.74 Å². The third-order valence-electron chi connectivity index (χ3n) is 4.21. The maximum atomic E-state index is 14.3. The van der Waals surface area contributed by atoms with E-state index in [0.29, 0.717) is 23.5 Å². The van der Waals surface area contributed by atoms with Crippen molar-refractivity contribution >= 4 is 0 Å². The second kappa shape index (κ2) is 8.55. The van der Waals surface area contributed by atoms with Crippen molar-refractivity contribution in [2.45, 2.75) is 32.3 Å². The van der Waals surface area contributed by atoms with Crippen LogP contribution in [0.15, 0.2) is 48.8 Å². The minimum atomic E-state index is -3.89. The highest BCUT2D eigenvalue weighted by molar-refractivity contribution is 5.55. The first-order valence-electron chi connectivity index (χ1n) is 8.93. The highest BCUT2D eigenvalue weighted by atomic mass is 19.3. The predicted octanol–water partition coefficient (Wildman–Crippen LogP) is 6.03. The first-order valence-corrected chi connectivity index (χ1v) is 8.93. The zero-order chi connectivity index (χ0) is 21.0. The molecule has 152 valence electrons. The molecule has 0 bridgehead atoms. The molecule has 0 aliphatic heterocycles. The Kier molecular flexibility index (Phi) is 6.10. The first kappa shape index (κ1) is 20.7. The summed E-state index contributed by atoms with van der Waals surface area (Å²) < 4.78 is 72.4. The number of aryl methyl sites for hydroxylation is 1. The van der Waals surface area contributed by atoms with Crippen molar-refractivity contribution in [2.75, 3.05) is 0 Å². The van der Waals surface area contributed by atoms with Crippen molar-refractivity contribution in [1.82, 2.24) is 9.97 Å². The summed E-state index contributed by atoms with van der Waals surface area (Å²) in [5.74, 6) is -5.45. The third-order valence-corrected chi connectivity index (χ3v) is 4.21. The molecule has 0 aliphatic rings. The molecule has 2 aromatic carbocycles. The molecule has 3 rings (SSSR count). The molecule has 8 heteroatoms. The van der Waals surface area contributed by atoms with E-state index in [9.17, 15) is 22.0 Å². The largest absolute Gasteiger partial charge is 0.429 e. The van der Waals surface area contributed by atoms with Crippen LogP contribution in [-0.2, 0) is 12.5 Å². The number of nitrogens with zero attached hydrogens (tertiary/aromatic N) is 2. The molecule has 0 radical (unpaired) electrons. The molecule has 0 amide bonds. The Morgan fingerprint density at radius 1 is 0.931 bits per heavy atom. The lowest BCUT2D eigenvalue weighted by atomic mass is 10.1. The number of halogens is 5. The Balaban J connectivity index is 1.76. The van der Waals surface area contributed by atoms with Crippen molar-refractivity contribution in [3.8, 4) is 17.1 Å². The van der Waals surface area contributed by atoms with E-state index in [0.717, 1.165) is 37.0 Å². The number of hydrogen-bond donors (Lipinski definition) is 0. The van der Waals surface area contributed by atoms with Crippen molar-refractivity contribution < 1.29 is 26.7 Å². The lowest BCUT2D eigenvalue weighted by molar-refractivity contribution is -0.185. The van der Waals surface area contributed by atoms with E-state index in [1.165, 1.54) is 12.1 Å². The second-order valence-electron chi connectivity index (χ2n) is 6.42. The maximum absolute atomic E-state index is 14.3. The average Bonchev–Trinajstić information content (AvgIpc) is 2.70. The van der Waals surface area contributed by atoms with Crippen LogP contribution in [0.2, 0.25) is 0 Å². The summed E-state index contributed by atoms with van der Waals surface area (Å²) in [7, 11) is 0. The Hall–Kier alpha value is -3.03. The monoisotopic (exact) mass is 408 g/mol. The van der Waals surface area contributed by atoms with Crippen LogP contribution >= 0.6 is 0 Å². The summed E-state index contributed by atoms with van der Waals surface area (Å²) >= 11 is 0. The summed E-state index contributed by atoms with van der Waals surface area (Å²) in [4.78, 5) is 8.48. The minimum Gasteiger partial charge on any atom is -0.429 e. The van der Waals surface area contributed by atoms with Gasteiger partial charge in [-0.15, -0.1) is 0 Å². The van der Waals surface area contributed by atoms with E-state index in [4.69, 9.17) is 0 Å². The van der Waals surface area contributed by atoms with E-state index in [-0.39, 0.29) is 0 Å². The van der Waals surface area contributed by atoms with Crippen molar-refractivity contribution in [2.24, 2.45) is 0 Å². The molecule has 0 saturated heterocycles. The maximum Gasteiger partial charge on any atom is 0.426 e. The average molecular weight is 408 g/mol. The molecule has 0 spiro atoms. The van der Waals surface area contributed by atoms with Crippen LogP contribution in [0, 0.1) is 17.5 Å². The molecule has 29 heavy (non-hydrogen) atoms. The van der Waals surface area contributed by atoms with E-state index in [2.05, 4.69) is 21.6 Å². The van der Waals surface area contributed by atoms with Gasteiger partial charge in [-0.25, -0.2) is 23.1 Å². The van der Waals surface area contributed by atoms with Crippen LogP contribution in [0.4, 0.5) is 22.0 Å². The van der Waals surface area contributed by atoms with Gasteiger partial charge in [0.2, 0.25) is 0 Å². The zero-order valence-corrected chi connectivity index (χ0v) is 15.4. The van der Waals surface area contributed by atoms with Crippen LogP contribution < -0.4 is 4.74 Å². The van der Waals surface area contributed by atoms with Gasteiger partial charge in [-0.3, -0.25) is 0 Å². The van der Waals surface area contributed by atoms with E-state index in [1.807, 2.05) is 0 Å². The second-order valence-corrected chi connectivity index (χ2v) is 6.42. The highest BCUT2D eigenvalue weighted by Gasteiger charge is 2.35. The van der Waals surface area contributed by atoms with Crippen molar-refractivity contribution in [3.05, 3.63) is 77.4 Å². The van der Waals surface area contributed by atoms with Crippen LogP contribution in [0.1, 0.15) is 30.9 Å². The van der Waals surface area contributed by atoms with Gasteiger partial charge in [-0.1, -0.05) is 25.5 Å². The topological polar surface area (TPSA) is 35.0 Å². The molecule has 1 heterocycles. The van der Waals surface area contributed by atoms with Crippen molar-refractivity contribution in [1.29, 1.82) is 0 Å². The predicted molar refractivity (Wildman–Crippen MR) is 96.9 cm³/mol. The fourth-order valence-corrected chi connectivity index (χ4v) is 2.63. The summed E-state index contributed by atoms with van der Waals surface area (Å²) in [6.45, 7) is 2.08. The smallest absolute Gasteiger partial charge is 0.426 e. The zero-order valence-electron chi connectivity index (χ0n) is 15.4. The van der Waals surface area contributed by atoms with Crippen molar-refractivity contribution in [3.63, 3.8) is 0 Å². The molecule has 0 saturated carbocycles. The third kappa shape index (κ3) is 4.88. The van der Waals surface area contributed by atoms with Gasteiger partial charge in [-0.2, -0.15) is 8.78 Å². The number of benzene rings is 2. The molecule has 0 atom stereocenters. The van der Waals surface area contributed by atoms with Gasteiger partial charge in [0.05, 0.1) is 5.56 Å². The highest BCUT2D eigenvalue weighted by Crippen LogP contribution is 2.33. The molecular formula is C21H17F5N2O. The van der Waals surface area contributed by atoms with Crippen LogP contribution in [0.5, 0.6) is 5.75 Å². The molecular weight excluding hydrogens is 391 g/mol. The molecule has 0 fully saturated rings. The number of unbranched alkanes of at least 4 members (excludes halogenated alkanes) is 1. The molecule has 3 aromatic rings. The lowest BCUT2D eigenvalue weighted by Crippen LogP contribution is -2.22. The van der Waals surface area contributed by atoms with E-state index in [1.54, 1.807) is 12.4 Å². The number of rotatable bonds is 7. The van der Waals surface area contributed by atoms with Gasteiger partial charge in [0.25, 0.3) is 0 Å².